The maximum atomic E-state index is 11.9. The van der Waals surface area contributed by atoms with Crippen LogP contribution in [0.15, 0.2) is 11.4 Å². The molecule has 0 bridgehead atoms. The quantitative estimate of drug-likeness (QED) is 0.678. The molecule has 1 saturated heterocycles. The van der Waals surface area contributed by atoms with E-state index in [4.69, 9.17) is 4.74 Å². The van der Waals surface area contributed by atoms with Gasteiger partial charge >= 0.3 is 0 Å². The van der Waals surface area contributed by atoms with Gasteiger partial charge in [0.2, 0.25) is 0 Å². The number of carbonyl (C=O) groups is 1. The second-order valence-corrected chi connectivity index (χ2v) is 4.27. The van der Waals surface area contributed by atoms with Crippen molar-refractivity contribution in [2.24, 2.45) is 5.92 Å². The fourth-order valence-electron chi connectivity index (χ4n) is 1.55. The molecule has 13 heavy (non-hydrogen) atoms. The third-order valence-electron chi connectivity index (χ3n) is 2.39. The third-order valence-corrected chi connectivity index (χ3v) is 3.42. The lowest BCUT2D eigenvalue weighted by Crippen LogP contribution is -2.13. The zero-order valence-electron chi connectivity index (χ0n) is 7.58. The van der Waals surface area contributed by atoms with Crippen molar-refractivity contribution in [1.29, 1.82) is 0 Å². The Balaban J connectivity index is 2.17. The highest BCUT2D eigenvalue weighted by Crippen LogP contribution is 2.24. The molecular weight excluding hydrogens is 184 g/mol. The van der Waals surface area contributed by atoms with Crippen LogP contribution < -0.4 is 0 Å². The second-order valence-electron chi connectivity index (χ2n) is 3.36. The highest BCUT2D eigenvalue weighted by molar-refractivity contribution is 7.12. The Kier molecular flexibility index (Phi) is 2.47. The van der Waals surface area contributed by atoms with Crippen molar-refractivity contribution in [1.82, 2.24) is 0 Å². The molecule has 0 N–H and O–H groups in total. The third kappa shape index (κ3) is 1.67. The summed E-state index contributed by atoms with van der Waals surface area (Å²) in [6.45, 7) is 3.33. The second kappa shape index (κ2) is 3.60. The van der Waals surface area contributed by atoms with Gasteiger partial charge in [-0.05, 0) is 30.4 Å². The number of rotatable bonds is 2. The number of aryl methyl sites for hydroxylation is 1. The van der Waals surface area contributed by atoms with E-state index in [-0.39, 0.29) is 11.7 Å². The van der Waals surface area contributed by atoms with E-state index in [1.54, 1.807) is 0 Å². The molecule has 1 fully saturated rings. The molecule has 0 amide bonds. The maximum absolute atomic E-state index is 11.9. The van der Waals surface area contributed by atoms with Gasteiger partial charge in [-0.25, -0.2) is 0 Å². The van der Waals surface area contributed by atoms with Crippen molar-refractivity contribution < 1.29 is 9.53 Å². The molecule has 0 saturated carbocycles. The van der Waals surface area contributed by atoms with Crippen LogP contribution in [0.4, 0.5) is 0 Å². The molecule has 1 aromatic rings. The topological polar surface area (TPSA) is 26.3 Å². The summed E-state index contributed by atoms with van der Waals surface area (Å²) >= 11 is 1.54. The van der Waals surface area contributed by atoms with Crippen molar-refractivity contribution in [3.05, 3.63) is 21.9 Å². The average molecular weight is 196 g/mol. The Hall–Kier alpha value is -0.670. The summed E-state index contributed by atoms with van der Waals surface area (Å²) in [5.41, 5.74) is 1.10. The van der Waals surface area contributed by atoms with Crippen molar-refractivity contribution in [3.63, 3.8) is 0 Å². The van der Waals surface area contributed by atoms with Crippen LogP contribution in [0, 0.1) is 12.8 Å². The molecule has 1 aliphatic heterocycles. The van der Waals surface area contributed by atoms with Crippen LogP contribution in [0.3, 0.4) is 0 Å². The van der Waals surface area contributed by atoms with Crippen LogP contribution in [0.5, 0.6) is 0 Å². The Morgan fingerprint density at radius 3 is 3.08 bits per heavy atom. The van der Waals surface area contributed by atoms with Gasteiger partial charge in [0.25, 0.3) is 0 Å². The number of hydrogen-bond donors (Lipinski definition) is 0. The molecule has 1 unspecified atom stereocenters. The molecule has 0 radical (unpaired) electrons. The Labute approximate surface area is 81.5 Å². The minimum Gasteiger partial charge on any atom is -0.381 e. The standard InChI is InChI=1S/C10H12O2S/c1-7-3-5-13-10(7)9(11)8-2-4-12-6-8/h3,5,8H,2,4,6H2,1H3. The summed E-state index contributed by atoms with van der Waals surface area (Å²) in [6, 6.07) is 1.99. The molecule has 1 atom stereocenters. The molecule has 2 rings (SSSR count). The zero-order chi connectivity index (χ0) is 9.26. The smallest absolute Gasteiger partial charge is 0.178 e. The summed E-state index contributed by atoms with van der Waals surface area (Å²) < 4.78 is 5.20. The lowest BCUT2D eigenvalue weighted by Gasteiger charge is -2.04. The number of ketones is 1. The largest absolute Gasteiger partial charge is 0.381 e. The van der Waals surface area contributed by atoms with Gasteiger partial charge in [-0.3, -0.25) is 4.79 Å². The Morgan fingerprint density at radius 2 is 2.54 bits per heavy atom. The molecular formula is C10H12O2S. The first kappa shape index (κ1) is 8.91. The summed E-state index contributed by atoms with van der Waals surface area (Å²) in [7, 11) is 0. The van der Waals surface area contributed by atoms with E-state index in [1.165, 1.54) is 11.3 Å². The summed E-state index contributed by atoms with van der Waals surface area (Å²) in [5, 5.41) is 1.97. The molecule has 0 spiro atoms. The molecule has 3 heteroatoms. The fourth-order valence-corrected chi connectivity index (χ4v) is 2.50. The molecule has 2 nitrogen and oxygen atoms in total. The number of Topliss-reactive ketones (excluding diaryl/α,β-unsaturated/α-hetero) is 1. The van der Waals surface area contributed by atoms with Gasteiger partial charge in [-0.2, -0.15) is 0 Å². The molecule has 0 aliphatic carbocycles. The molecule has 1 aliphatic rings. The number of thiophene rings is 1. The predicted octanol–water partition coefficient (Wildman–Crippen LogP) is 2.28. The van der Waals surface area contributed by atoms with Crippen LogP contribution in [0.1, 0.15) is 21.7 Å². The highest BCUT2D eigenvalue weighted by atomic mass is 32.1. The first-order valence-corrected chi connectivity index (χ1v) is 5.33. The molecule has 2 heterocycles. The van der Waals surface area contributed by atoms with Crippen LogP contribution in [0.25, 0.3) is 0 Å². The molecule has 1 aromatic heterocycles. The van der Waals surface area contributed by atoms with Crippen molar-refractivity contribution in [3.8, 4) is 0 Å². The lowest BCUT2D eigenvalue weighted by atomic mass is 10.0. The van der Waals surface area contributed by atoms with Gasteiger partial charge in [0.15, 0.2) is 5.78 Å². The van der Waals surface area contributed by atoms with Gasteiger partial charge in [-0.1, -0.05) is 0 Å². The number of hydrogen-bond acceptors (Lipinski definition) is 3. The van der Waals surface area contributed by atoms with Crippen molar-refractivity contribution in [2.75, 3.05) is 13.2 Å². The number of carbonyl (C=O) groups excluding carboxylic acids is 1. The monoisotopic (exact) mass is 196 g/mol. The van der Waals surface area contributed by atoms with Gasteiger partial charge in [0.05, 0.1) is 11.5 Å². The van der Waals surface area contributed by atoms with Crippen molar-refractivity contribution in [2.45, 2.75) is 13.3 Å². The maximum Gasteiger partial charge on any atom is 0.178 e. The van der Waals surface area contributed by atoms with Crippen LogP contribution in [-0.4, -0.2) is 19.0 Å². The van der Waals surface area contributed by atoms with E-state index >= 15 is 0 Å². The molecule has 0 aromatic carbocycles. The van der Waals surface area contributed by atoms with Gasteiger partial charge < -0.3 is 4.74 Å². The normalized spacial score (nSPS) is 22.1. The minimum absolute atomic E-state index is 0.109. The summed E-state index contributed by atoms with van der Waals surface area (Å²) in [4.78, 5) is 12.8. The van der Waals surface area contributed by atoms with Crippen LogP contribution in [-0.2, 0) is 4.74 Å². The summed E-state index contributed by atoms with van der Waals surface area (Å²) in [5.74, 6) is 0.377. The van der Waals surface area contributed by atoms with Crippen LogP contribution >= 0.6 is 11.3 Å². The average Bonchev–Trinajstić information content (AvgIpc) is 2.72. The van der Waals surface area contributed by atoms with E-state index < -0.39 is 0 Å². The summed E-state index contributed by atoms with van der Waals surface area (Å²) in [6.07, 6.45) is 0.885. The van der Waals surface area contributed by atoms with Crippen molar-refractivity contribution >= 4 is 17.1 Å². The van der Waals surface area contributed by atoms with E-state index in [9.17, 15) is 4.79 Å². The highest BCUT2D eigenvalue weighted by Gasteiger charge is 2.26. The first-order chi connectivity index (χ1) is 6.29. The van der Waals surface area contributed by atoms with E-state index in [0.29, 0.717) is 6.61 Å². The van der Waals surface area contributed by atoms with E-state index in [1.807, 2.05) is 18.4 Å². The number of ether oxygens (including phenoxy) is 1. The molecule has 70 valence electrons. The Bertz CT molecular complexity index is 310. The lowest BCUT2D eigenvalue weighted by molar-refractivity contribution is 0.0904. The fraction of sp³-hybridized carbons (Fsp3) is 0.500. The minimum atomic E-state index is 0.109. The first-order valence-electron chi connectivity index (χ1n) is 4.45. The van der Waals surface area contributed by atoms with Gasteiger partial charge in [0, 0.05) is 12.5 Å². The van der Waals surface area contributed by atoms with E-state index in [0.717, 1.165) is 23.5 Å². The van der Waals surface area contributed by atoms with Crippen LogP contribution in [0.2, 0.25) is 0 Å². The van der Waals surface area contributed by atoms with Gasteiger partial charge in [-0.15, -0.1) is 11.3 Å². The predicted molar refractivity (Wildman–Crippen MR) is 52.3 cm³/mol. The van der Waals surface area contributed by atoms with Gasteiger partial charge in [0.1, 0.15) is 0 Å². The van der Waals surface area contributed by atoms with E-state index in [2.05, 4.69) is 0 Å². The zero-order valence-corrected chi connectivity index (χ0v) is 8.39. The Morgan fingerprint density at radius 1 is 1.69 bits per heavy atom. The SMILES string of the molecule is Cc1ccsc1C(=O)C1CCOC1.